The van der Waals surface area contributed by atoms with Gasteiger partial charge in [-0.05, 0) is 12.1 Å². The minimum absolute atomic E-state index is 0.0156. The summed E-state index contributed by atoms with van der Waals surface area (Å²) in [5.74, 6) is -0.386. The van der Waals surface area contributed by atoms with Crippen molar-refractivity contribution in [2.24, 2.45) is 4.99 Å². The largest absolute Gasteiger partial charge is 0.459 e. The van der Waals surface area contributed by atoms with E-state index in [9.17, 15) is 14.9 Å². The van der Waals surface area contributed by atoms with Crippen LogP contribution in [0.4, 0.5) is 5.69 Å². The van der Waals surface area contributed by atoms with Crippen LogP contribution in [-0.2, 0) is 22.7 Å². The van der Waals surface area contributed by atoms with E-state index in [2.05, 4.69) is 5.10 Å². The van der Waals surface area contributed by atoms with Crippen LogP contribution in [0.15, 0.2) is 59.6 Å². The van der Waals surface area contributed by atoms with Crippen molar-refractivity contribution in [2.75, 3.05) is 0 Å². The Hall–Kier alpha value is -3.81. The molecule has 0 saturated carbocycles. The van der Waals surface area contributed by atoms with E-state index in [1.807, 2.05) is 36.4 Å². The highest BCUT2D eigenvalue weighted by atomic mass is 16.6. The van der Waals surface area contributed by atoms with Gasteiger partial charge in [0.15, 0.2) is 0 Å². The molecule has 0 N–H and O–H groups in total. The monoisotopic (exact) mass is 376 g/mol. The molecule has 2 aromatic carbocycles. The van der Waals surface area contributed by atoms with Crippen molar-refractivity contribution in [3.8, 4) is 5.69 Å². The second-order valence-corrected chi connectivity index (χ2v) is 6.31. The zero-order chi connectivity index (χ0) is 19.7. The van der Waals surface area contributed by atoms with Crippen LogP contribution in [0.5, 0.6) is 0 Å². The number of fused-ring (bicyclic) bond motifs is 3. The number of benzene rings is 2. The van der Waals surface area contributed by atoms with Crippen molar-refractivity contribution in [3.05, 3.63) is 87.2 Å². The molecule has 1 aliphatic heterocycles. The van der Waals surface area contributed by atoms with Gasteiger partial charge in [0, 0.05) is 30.2 Å². The summed E-state index contributed by atoms with van der Waals surface area (Å²) in [5, 5.41) is 15.8. The number of aliphatic imine (C=N–C) groups is 1. The summed E-state index contributed by atoms with van der Waals surface area (Å²) in [6, 6.07) is 16.0. The maximum Gasteiger partial charge on any atom is 0.303 e. The molecule has 0 bridgehead atoms. The molecule has 0 atom stereocenters. The quantitative estimate of drug-likeness (QED) is 0.395. The van der Waals surface area contributed by atoms with E-state index in [0.29, 0.717) is 29.2 Å². The Morgan fingerprint density at radius 1 is 1.21 bits per heavy atom. The molecule has 2 heterocycles. The van der Waals surface area contributed by atoms with Gasteiger partial charge in [0.05, 0.1) is 28.6 Å². The molecule has 8 nitrogen and oxygen atoms in total. The molecule has 0 radical (unpaired) electrons. The summed E-state index contributed by atoms with van der Waals surface area (Å²) in [5.41, 5.74) is 4.24. The highest BCUT2D eigenvalue weighted by Gasteiger charge is 2.23. The average Bonchev–Trinajstić information content (AvgIpc) is 3.04. The summed E-state index contributed by atoms with van der Waals surface area (Å²) in [7, 11) is 0. The van der Waals surface area contributed by atoms with Crippen LogP contribution in [0.1, 0.15) is 29.4 Å². The van der Waals surface area contributed by atoms with Crippen molar-refractivity contribution in [3.63, 3.8) is 0 Å². The minimum Gasteiger partial charge on any atom is -0.459 e. The van der Waals surface area contributed by atoms with Gasteiger partial charge >= 0.3 is 5.97 Å². The summed E-state index contributed by atoms with van der Waals surface area (Å²) in [4.78, 5) is 26.7. The molecule has 0 fully saturated rings. The number of carbonyl (C=O) groups excluding carboxylic acids is 1. The van der Waals surface area contributed by atoms with Crippen LogP contribution in [0.3, 0.4) is 0 Å². The van der Waals surface area contributed by atoms with Crippen LogP contribution in [0.25, 0.3) is 5.69 Å². The van der Waals surface area contributed by atoms with Crippen molar-refractivity contribution in [1.29, 1.82) is 0 Å². The van der Waals surface area contributed by atoms with Crippen molar-refractivity contribution >= 4 is 17.4 Å². The normalized spacial score (nSPS) is 12.4. The van der Waals surface area contributed by atoms with Crippen LogP contribution in [0, 0.1) is 10.1 Å². The molecule has 28 heavy (non-hydrogen) atoms. The summed E-state index contributed by atoms with van der Waals surface area (Å²) < 4.78 is 6.73. The molecule has 1 aromatic heterocycles. The van der Waals surface area contributed by atoms with Gasteiger partial charge < -0.3 is 4.74 Å². The van der Waals surface area contributed by atoms with Gasteiger partial charge in [0.1, 0.15) is 12.3 Å². The van der Waals surface area contributed by atoms with E-state index < -0.39 is 4.92 Å². The number of nitro groups is 1. The van der Waals surface area contributed by atoms with Gasteiger partial charge in [-0.3, -0.25) is 19.9 Å². The standard InChI is InChI=1S/C20H16N4O4/c1-13(25)28-12-15-9-17-11-21-20(14-5-3-2-4-6-14)18-10-16(24(26)27)7-8-19(18)23(17)22-15/h2-10H,11-12H2,1H3. The highest BCUT2D eigenvalue weighted by Crippen LogP contribution is 2.28. The second kappa shape index (κ2) is 7.07. The van der Waals surface area contributed by atoms with Crippen LogP contribution in [0.2, 0.25) is 0 Å². The Balaban J connectivity index is 1.86. The maximum atomic E-state index is 11.3. The fraction of sp³-hybridized carbons (Fsp3) is 0.150. The van der Waals surface area contributed by atoms with Gasteiger partial charge in [0.2, 0.25) is 0 Å². The summed E-state index contributed by atoms with van der Waals surface area (Å²) in [6.45, 7) is 1.75. The molecule has 0 unspecified atom stereocenters. The lowest BCUT2D eigenvalue weighted by Gasteiger charge is -2.11. The summed E-state index contributed by atoms with van der Waals surface area (Å²) in [6.07, 6.45) is 0. The summed E-state index contributed by atoms with van der Waals surface area (Å²) >= 11 is 0. The smallest absolute Gasteiger partial charge is 0.303 e. The number of nitrogens with zero attached hydrogens (tertiary/aromatic N) is 4. The molecule has 0 amide bonds. The number of non-ortho nitro benzene ring substituents is 1. The first-order valence-electron chi connectivity index (χ1n) is 8.63. The van der Waals surface area contributed by atoms with E-state index in [0.717, 1.165) is 11.3 Å². The number of esters is 1. The molecular formula is C20H16N4O4. The van der Waals surface area contributed by atoms with Gasteiger partial charge in [-0.15, -0.1) is 0 Å². The van der Waals surface area contributed by atoms with E-state index >= 15 is 0 Å². The molecule has 3 aromatic rings. The first-order valence-corrected chi connectivity index (χ1v) is 8.63. The first-order chi connectivity index (χ1) is 13.5. The first kappa shape index (κ1) is 17.6. The molecule has 0 saturated heterocycles. The number of nitro benzene ring substituents is 1. The predicted octanol–water partition coefficient (Wildman–Crippen LogP) is 3.19. The molecule has 0 spiro atoms. The SMILES string of the molecule is CC(=O)OCc1cc2n(n1)-c1ccc([N+](=O)[O-])cc1C(c1ccccc1)=NC2. The third kappa shape index (κ3) is 3.27. The van der Waals surface area contributed by atoms with Gasteiger partial charge in [-0.1, -0.05) is 30.3 Å². The van der Waals surface area contributed by atoms with E-state index in [-0.39, 0.29) is 18.3 Å². The molecule has 140 valence electrons. The van der Waals surface area contributed by atoms with Crippen LogP contribution < -0.4 is 0 Å². The van der Waals surface area contributed by atoms with E-state index in [4.69, 9.17) is 9.73 Å². The van der Waals surface area contributed by atoms with Crippen molar-refractivity contribution in [1.82, 2.24) is 9.78 Å². The minimum atomic E-state index is -0.427. The number of hydrogen-bond acceptors (Lipinski definition) is 6. The third-order valence-electron chi connectivity index (χ3n) is 4.38. The van der Waals surface area contributed by atoms with Crippen LogP contribution in [-0.4, -0.2) is 26.4 Å². The van der Waals surface area contributed by atoms with E-state index in [1.54, 1.807) is 10.7 Å². The predicted molar refractivity (Wildman–Crippen MR) is 101 cm³/mol. The van der Waals surface area contributed by atoms with Gasteiger partial charge in [0.25, 0.3) is 5.69 Å². The zero-order valence-electron chi connectivity index (χ0n) is 15.0. The lowest BCUT2D eigenvalue weighted by Crippen LogP contribution is -2.09. The van der Waals surface area contributed by atoms with E-state index in [1.165, 1.54) is 19.1 Å². The number of rotatable bonds is 4. The molecule has 0 aliphatic carbocycles. The molecular weight excluding hydrogens is 360 g/mol. The number of hydrogen-bond donors (Lipinski definition) is 0. The van der Waals surface area contributed by atoms with Gasteiger partial charge in [-0.2, -0.15) is 5.10 Å². The molecule has 8 heteroatoms. The number of aromatic nitrogens is 2. The third-order valence-corrected chi connectivity index (χ3v) is 4.38. The second-order valence-electron chi connectivity index (χ2n) is 6.31. The van der Waals surface area contributed by atoms with Crippen LogP contribution >= 0.6 is 0 Å². The Morgan fingerprint density at radius 3 is 2.71 bits per heavy atom. The maximum absolute atomic E-state index is 11.3. The lowest BCUT2D eigenvalue weighted by molar-refractivity contribution is -0.384. The fourth-order valence-corrected chi connectivity index (χ4v) is 3.14. The fourth-order valence-electron chi connectivity index (χ4n) is 3.14. The molecule has 4 rings (SSSR count). The Bertz CT molecular complexity index is 1100. The topological polar surface area (TPSA) is 99.6 Å². The highest BCUT2D eigenvalue weighted by molar-refractivity contribution is 6.15. The van der Waals surface area contributed by atoms with Crippen molar-refractivity contribution < 1.29 is 14.5 Å². The Morgan fingerprint density at radius 2 is 2.00 bits per heavy atom. The Labute approximate surface area is 160 Å². The molecule has 1 aliphatic rings. The van der Waals surface area contributed by atoms with Crippen molar-refractivity contribution in [2.45, 2.75) is 20.1 Å². The zero-order valence-corrected chi connectivity index (χ0v) is 15.0. The Kier molecular flexibility index (Phi) is 4.44. The average molecular weight is 376 g/mol. The van der Waals surface area contributed by atoms with Gasteiger partial charge in [-0.25, -0.2) is 4.68 Å². The lowest BCUT2D eigenvalue weighted by atomic mass is 10.00. The number of carbonyl (C=O) groups is 1. The number of ether oxygens (including phenoxy) is 1.